The molecule has 2 heterocycles. The van der Waals surface area contributed by atoms with Gasteiger partial charge < -0.3 is 5.32 Å². The van der Waals surface area contributed by atoms with E-state index in [-0.39, 0.29) is 11.9 Å². The van der Waals surface area contributed by atoms with Crippen LogP contribution in [0.1, 0.15) is 45.8 Å². The van der Waals surface area contributed by atoms with Gasteiger partial charge in [-0.15, -0.1) is 0 Å². The molecule has 176 valence electrons. The molecule has 0 aliphatic heterocycles. The summed E-state index contributed by atoms with van der Waals surface area (Å²) < 4.78 is 28.8. The first-order chi connectivity index (χ1) is 17.1. The Morgan fingerprint density at radius 3 is 2.71 bits per heavy atom. The van der Waals surface area contributed by atoms with E-state index in [1.807, 2.05) is 36.5 Å². The summed E-state index contributed by atoms with van der Waals surface area (Å²) in [6.45, 7) is 0. The summed E-state index contributed by atoms with van der Waals surface area (Å²) in [5, 5.41) is 7.65. The molecule has 35 heavy (non-hydrogen) atoms. The Morgan fingerprint density at radius 2 is 1.89 bits per heavy atom. The minimum Gasteiger partial charge on any atom is -0.348 e. The van der Waals surface area contributed by atoms with Crippen LogP contribution in [-0.2, 0) is 25.7 Å². The van der Waals surface area contributed by atoms with Crippen LogP contribution in [0.25, 0.3) is 17.1 Å². The average Bonchev–Trinajstić information content (AvgIpc) is 3.49. The monoisotopic (exact) mass is 471 g/mol. The van der Waals surface area contributed by atoms with Crippen molar-refractivity contribution in [2.24, 2.45) is 0 Å². The van der Waals surface area contributed by atoms with E-state index in [9.17, 15) is 13.6 Å². The molecule has 0 saturated heterocycles. The lowest BCUT2D eigenvalue weighted by atomic mass is 9.92. The van der Waals surface area contributed by atoms with Gasteiger partial charge >= 0.3 is 0 Å². The lowest BCUT2D eigenvalue weighted by Gasteiger charge is -2.24. The first kappa shape index (κ1) is 21.6. The van der Waals surface area contributed by atoms with E-state index in [1.54, 1.807) is 4.68 Å². The van der Waals surface area contributed by atoms with Gasteiger partial charge in [0.1, 0.15) is 0 Å². The molecule has 1 N–H and O–H groups in total. The van der Waals surface area contributed by atoms with Crippen LogP contribution < -0.4 is 5.32 Å². The molecule has 6 nitrogen and oxygen atoms in total. The Kier molecular flexibility index (Phi) is 5.36. The fourth-order valence-electron chi connectivity index (χ4n) is 5.06. The number of nitrogens with zero attached hydrogens (tertiary/aromatic N) is 4. The summed E-state index contributed by atoms with van der Waals surface area (Å²) in [5.74, 6) is -1.37. The number of carbonyl (C=O) groups is 1. The molecule has 2 aliphatic carbocycles. The number of carbonyl (C=O) groups excluding carboxylic acids is 1. The van der Waals surface area contributed by atoms with Gasteiger partial charge in [0, 0.05) is 40.8 Å². The number of rotatable bonds is 4. The molecule has 2 aromatic carbocycles. The molecule has 2 aromatic heterocycles. The summed E-state index contributed by atoms with van der Waals surface area (Å²) in [6.07, 6.45) is 6.42. The van der Waals surface area contributed by atoms with Crippen LogP contribution in [0.3, 0.4) is 0 Å². The smallest absolute Gasteiger partial charge is 0.272 e. The third-order valence-corrected chi connectivity index (χ3v) is 6.81. The van der Waals surface area contributed by atoms with Crippen molar-refractivity contribution in [3.05, 3.63) is 94.6 Å². The van der Waals surface area contributed by atoms with Gasteiger partial charge in [0.25, 0.3) is 5.91 Å². The van der Waals surface area contributed by atoms with Crippen LogP contribution >= 0.6 is 0 Å². The largest absolute Gasteiger partial charge is 0.348 e. The maximum absolute atomic E-state index is 13.8. The molecule has 1 amide bonds. The Hall–Kier alpha value is -3.94. The van der Waals surface area contributed by atoms with E-state index in [0.717, 1.165) is 72.3 Å². The second-order valence-corrected chi connectivity index (χ2v) is 9.08. The summed E-state index contributed by atoms with van der Waals surface area (Å²) in [6, 6.07) is 13.5. The van der Waals surface area contributed by atoms with Gasteiger partial charge in [-0.25, -0.2) is 23.4 Å². The maximum Gasteiger partial charge on any atom is 0.272 e. The predicted molar refractivity (Wildman–Crippen MR) is 126 cm³/mol. The Balaban J connectivity index is 1.21. The highest BCUT2D eigenvalue weighted by Crippen LogP contribution is 2.29. The van der Waals surface area contributed by atoms with Gasteiger partial charge in [-0.2, -0.15) is 5.10 Å². The molecule has 0 bridgehead atoms. The van der Waals surface area contributed by atoms with Crippen LogP contribution in [0, 0.1) is 11.6 Å². The maximum atomic E-state index is 13.8. The molecule has 1 atom stereocenters. The molecule has 0 saturated carbocycles. The van der Waals surface area contributed by atoms with Crippen molar-refractivity contribution in [3.63, 3.8) is 0 Å². The number of aryl methyl sites for hydroxylation is 1. The van der Waals surface area contributed by atoms with E-state index in [0.29, 0.717) is 23.6 Å². The van der Waals surface area contributed by atoms with E-state index >= 15 is 0 Å². The molecule has 2 aliphatic rings. The first-order valence-electron chi connectivity index (χ1n) is 11.8. The van der Waals surface area contributed by atoms with Crippen molar-refractivity contribution in [3.8, 4) is 17.1 Å². The Labute approximate surface area is 201 Å². The molecule has 1 unspecified atom stereocenters. The van der Waals surface area contributed by atoms with Gasteiger partial charge in [0.05, 0.1) is 5.69 Å². The zero-order chi connectivity index (χ0) is 23.9. The fraction of sp³-hybridized carbons (Fsp3) is 0.259. The molecular formula is C27H23F2N5O. The first-order valence-corrected chi connectivity index (χ1v) is 11.8. The number of amides is 1. The summed E-state index contributed by atoms with van der Waals surface area (Å²) in [5.41, 5.74) is 5.60. The van der Waals surface area contributed by atoms with E-state index in [1.165, 1.54) is 6.07 Å². The lowest BCUT2D eigenvalue weighted by Crippen LogP contribution is -2.39. The number of halogens is 2. The fourth-order valence-corrected chi connectivity index (χ4v) is 5.06. The van der Waals surface area contributed by atoms with Gasteiger partial charge in [-0.05, 0) is 56.2 Å². The summed E-state index contributed by atoms with van der Waals surface area (Å²) >= 11 is 0. The molecular weight excluding hydrogens is 448 g/mol. The normalized spacial score (nSPS) is 16.6. The standard InChI is InChI=1S/C27H23F2N5O/c28-21-11-10-19(14-22(21)29)34-24-8-4-7-20(24)25(33-34)27(35)31-18-9-12-23-17(13-18)15-30-26(32-23)16-5-2-1-3-6-16/h1-3,5-6,10-11,14-15,18H,4,7-9,12-13H2,(H,31,35). The second-order valence-electron chi connectivity index (χ2n) is 9.08. The number of benzene rings is 2. The zero-order valence-electron chi connectivity index (χ0n) is 19.0. The van der Waals surface area contributed by atoms with Crippen LogP contribution in [0.15, 0.2) is 54.7 Å². The van der Waals surface area contributed by atoms with Gasteiger partial charge in [-0.3, -0.25) is 4.79 Å². The topological polar surface area (TPSA) is 72.7 Å². The van der Waals surface area contributed by atoms with Crippen LogP contribution in [0.2, 0.25) is 0 Å². The van der Waals surface area contributed by atoms with Gasteiger partial charge in [0.2, 0.25) is 0 Å². The number of hydrogen-bond acceptors (Lipinski definition) is 4. The quantitative estimate of drug-likeness (QED) is 0.479. The third kappa shape index (κ3) is 3.99. The van der Waals surface area contributed by atoms with Crippen molar-refractivity contribution < 1.29 is 13.6 Å². The summed E-state index contributed by atoms with van der Waals surface area (Å²) in [4.78, 5) is 22.5. The predicted octanol–water partition coefficient (Wildman–Crippen LogP) is 4.38. The highest BCUT2D eigenvalue weighted by atomic mass is 19.2. The number of fused-ring (bicyclic) bond motifs is 2. The highest BCUT2D eigenvalue weighted by molar-refractivity contribution is 5.94. The zero-order valence-corrected chi connectivity index (χ0v) is 19.0. The third-order valence-electron chi connectivity index (χ3n) is 6.81. The molecule has 4 aromatic rings. The lowest BCUT2D eigenvalue weighted by molar-refractivity contribution is 0.0927. The second kappa shape index (κ2) is 8.69. The van der Waals surface area contributed by atoms with Crippen LogP contribution in [-0.4, -0.2) is 31.7 Å². The van der Waals surface area contributed by atoms with Crippen LogP contribution in [0.5, 0.6) is 0 Å². The molecule has 6 rings (SSSR count). The highest BCUT2D eigenvalue weighted by Gasteiger charge is 2.29. The van der Waals surface area contributed by atoms with Crippen LogP contribution in [0.4, 0.5) is 8.78 Å². The van der Waals surface area contributed by atoms with Crippen molar-refractivity contribution in [2.75, 3.05) is 0 Å². The Bertz CT molecular complexity index is 1430. The Morgan fingerprint density at radius 1 is 1.03 bits per heavy atom. The number of aromatic nitrogens is 4. The minimum absolute atomic E-state index is 0.0494. The average molecular weight is 472 g/mol. The van der Waals surface area contributed by atoms with Gasteiger partial charge in [-0.1, -0.05) is 30.3 Å². The SMILES string of the molecule is O=C(NC1CCc2nc(-c3ccccc3)ncc2C1)c1nn(-c2ccc(F)c(F)c2)c2c1CCC2. The number of nitrogens with one attached hydrogen (secondary N) is 1. The molecule has 0 fully saturated rings. The van der Waals surface area contributed by atoms with E-state index in [4.69, 9.17) is 4.98 Å². The van der Waals surface area contributed by atoms with Crippen molar-refractivity contribution in [2.45, 2.75) is 44.6 Å². The van der Waals surface area contributed by atoms with Crippen molar-refractivity contribution in [1.82, 2.24) is 25.1 Å². The minimum atomic E-state index is -0.936. The number of hydrogen-bond donors (Lipinski definition) is 1. The molecule has 8 heteroatoms. The van der Waals surface area contributed by atoms with Gasteiger partial charge in [0.15, 0.2) is 23.2 Å². The molecule has 0 spiro atoms. The molecule has 0 radical (unpaired) electrons. The van der Waals surface area contributed by atoms with Crippen molar-refractivity contribution in [1.29, 1.82) is 0 Å². The van der Waals surface area contributed by atoms with E-state index < -0.39 is 11.6 Å². The van der Waals surface area contributed by atoms with Crippen molar-refractivity contribution >= 4 is 5.91 Å². The van der Waals surface area contributed by atoms with E-state index in [2.05, 4.69) is 15.4 Å². The summed E-state index contributed by atoms with van der Waals surface area (Å²) in [7, 11) is 0.